The first-order chi connectivity index (χ1) is 12.0. The maximum atomic E-state index is 12.4. The zero-order valence-corrected chi connectivity index (χ0v) is 13.6. The smallest absolute Gasteiger partial charge is 0.387 e. The van der Waals surface area contributed by atoms with Crippen molar-refractivity contribution in [2.45, 2.75) is 20.0 Å². The molecule has 2 amide bonds. The number of nitrogens with one attached hydrogen (secondary N) is 2. The number of hydrogen-bond donors (Lipinski definition) is 2. The third-order valence-electron chi connectivity index (χ3n) is 3.40. The average molecular weight is 348 g/mol. The van der Waals surface area contributed by atoms with Crippen LogP contribution >= 0.6 is 0 Å². The van der Waals surface area contributed by atoms with Gasteiger partial charge in [0.2, 0.25) is 5.91 Å². The minimum Gasteiger partial charge on any atom is -0.434 e. The van der Waals surface area contributed by atoms with Crippen molar-refractivity contribution in [1.29, 1.82) is 0 Å². The molecule has 25 heavy (non-hydrogen) atoms. The Kier molecular flexibility index (Phi) is 6.45. The van der Waals surface area contributed by atoms with Crippen LogP contribution in [0.25, 0.3) is 0 Å². The Hall–Kier alpha value is -2.96. The minimum atomic E-state index is -3.04. The molecular formula is C18H18F2N2O3. The molecule has 132 valence electrons. The molecule has 2 N–H and O–H groups in total. The van der Waals surface area contributed by atoms with E-state index in [2.05, 4.69) is 15.4 Å². The zero-order chi connectivity index (χ0) is 18.2. The highest BCUT2D eigenvalue weighted by molar-refractivity contribution is 6.00. The number of carbonyl (C=O) groups excluding carboxylic acids is 2. The monoisotopic (exact) mass is 348 g/mol. The van der Waals surface area contributed by atoms with Crippen LogP contribution in [0.3, 0.4) is 0 Å². The molecular weight excluding hydrogens is 330 g/mol. The summed E-state index contributed by atoms with van der Waals surface area (Å²) in [5.74, 6) is -1.34. The van der Waals surface area contributed by atoms with Gasteiger partial charge in [-0.1, -0.05) is 31.2 Å². The van der Waals surface area contributed by atoms with Gasteiger partial charge in [-0.25, -0.2) is 0 Å². The summed E-state index contributed by atoms with van der Waals surface area (Å²) >= 11 is 0. The molecule has 7 heteroatoms. The Morgan fingerprint density at radius 3 is 2.40 bits per heavy atom. The number of ether oxygens (including phenoxy) is 1. The molecule has 0 atom stereocenters. The Labute approximate surface area is 144 Å². The highest BCUT2D eigenvalue weighted by atomic mass is 19.3. The van der Waals surface area contributed by atoms with Gasteiger partial charge in [0.15, 0.2) is 0 Å². The fraction of sp³-hybridized carbons (Fsp3) is 0.222. The van der Waals surface area contributed by atoms with Crippen molar-refractivity contribution >= 4 is 17.5 Å². The summed E-state index contributed by atoms with van der Waals surface area (Å²) in [5, 5.41) is 5.02. The van der Waals surface area contributed by atoms with Crippen molar-refractivity contribution in [2.75, 3.05) is 11.9 Å². The molecule has 2 aromatic carbocycles. The van der Waals surface area contributed by atoms with Gasteiger partial charge in [0.25, 0.3) is 5.91 Å². The molecule has 0 bridgehead atoms. The molecule has 0 saturated carbocycles. The first-order valence-electron chi connectivity index (χ1n) is 7.70. The van der Waals surface area contributed by atoms with Gasteiger partial charge < -0.3 is 15.4 Å². The number of anilines is 1. The quantitative estimate of drug-likeness (QED) is 0.807. The summed E-state index contributed by atoms with van der Waals surface area (Å²) in [6.45, 7) is -1.31. The lowest BCUT2D eigenvalue weighted by Crippen LogP contribution is -2.33. The summed E-state index contributed by atoms with van der Waals surface area (Å²) in [4.78, 5) is 24.0. The molecule has 0 aliphatic heterocycles. The van der Waals surface area contributed by atoms with E-state index in [4.69, 9.17) is 0 Å². The van der Waals surface area contributed by atoms with E-state index in [0.29, 0.717) is 5.69 Å². The van der Waals surface area contributed by atoms with Crippen molar-refractivity contribution < 1.29 is 23.1 Å². The number of amides is 2. The van der Waals surface area contributed by atoms with Crippen molar-refractivity contribution in [1.82, 2.24) is 5.32 Å². The third-order valence-corrected chi connectivity index (χ3v) is 3.40. The molecule has 0 aliphatic carbocycles. The lowest BCUT2D eigenvalue weighted by molar-refractivity contribution is -0.115. The number of benzene rings is 2. The molecule has 5 nitrogen and oxygen atoms in total. The second kappa shape index (κ2) is 8.77. The predicted octanol–water partition coefficient (Wildman–Crippen LogP) is 3.22. The molecule has 0 radical (unpaired) electrons. The average Bonchev–Trinajstić information content (AvgIpc) is 2.60. The van der Waals surface area contributed by atoms with E-state index in [9.17, 15) is 18.4 Å². The van der Waals surface area contributed by atoms with Gasteiger partial charge in [-0.15, -0.1) is 0 Å². The Balaban J connectivity index is 1.92. The van der Waals surface area contributed by atoms with Crippen LogP contribution in [0, 0.1) is 0 Å². The van der Waals surface area contributed by atoms with Crippen LogP contribution < -0.4 is 15.4 Å². The second-order valence-electron chi connectivity index (χ2n) is 5.16. The molecule has 0 heterocycles. The Bertz CT molecular complexity index is 733. The fourth-order valence-corrected chi connectivity index (χ4v) is 2.14. The lowest BCUT2D eigenvalue weighted by atomic mass is 10.1. The van der Waals surface area contributed by atoms with Crippen LogP contribution in [0.4, 0.5) is 14.5 Å². The van der Waals surface area contributed by atoms with Crippen molar-refractivity contribution in [2.24, 2.45) is 0 Å². The molecule has 2 rings (SSSR count). The van der Waals surface area contributed by atoms with Crippen molar-refractivity contribution in [3.05, 3.63) is 59.7 Å². The normalized spacial score (nSPS) is 10.4. The maximum Gasteiger partial charge on any atom is 0.387 e. The summed E-state index contributed by atoms with van der Waals surface area (Å²) in [6, 6.07) is 12.9. The molecule has 0 aliphatic rings. The van der Waals surface area contributed by atoms with Crippen LogP contribution in [-0.4, -0.2) is 25.0 Å². The summed E-state index contributed by atoms with van der Waals surface area (Å²) < 4.78 is 29.0. The van der Waals surface area contributed by atoms with E-state index >= 15 is 0 Å². The Morgan fingerprint density at radius 2 is 1.76 bits per heavy atom. The first-order valence-corrected chi connectivity index (χ1v) is 7.70. The van der Waals surface area contributed by atoms with Gasteiger partial charge >= 0.3 is 6.61 Å². The predicted molar refractivity (Wildman–Crippen MR) is 89.9 cm³/mol. The number of halogens is 2. The molecule has 0 unspecified atom stereocenters. The van der Waals surface area contributed by atoms with Gasteiger partial charge in [-0.05, 0) is 36.2 Å². The van der Waals surface area contributed by atoms with E-state index in [1.165, 1.54) is 24.3 Å². The number of para-hydroxylation sites is 1. The first kappa shape index (κ1) is 18.4. The molecule has 0 fully saturated rings. The number of alkyl halides is 2. The van der Waals surface area contributed by atoms with Crippen LogP contribution in [0.5, 0.6) is 5.75 Å². The van der Waals surface area contributed by atoms with Crippen LogP contribution in [-0.2, 0) is 11.2 Å². The van der Waals surface area contributed by atoms with Crippen LogP contribution in [0.2, 0.25) is 0 Å². The van der Waals surface area contributed by atoms with E-state index in [1.54, 1.807) is 12.1 Å². The lowest BCUT2D eigenvalue weighted by Gasteiger charge is -2.11. The number of aryl methyl sites for hydroxylation is 1. The summed E-state index contributed by atoms with van der Waals surface area (Å²) in [5.41, 5.74) is 1.68. The highest BCUT2D eigenvalue weighted by Gasteiger charge is 2.15. The van der Waals surface area contributed by atoms with E-state index in [1.807, 2.05) is 19.1 Å². The molecule has 0 spiro atoms. The Morgan fingerprint density at radius 1 is 1.08 bits per heavy atom. The zero-order valence-electron chi connectivity index (χ0n) is 13.6. The van der Waals surface area contributed by atoms with Gasteiger partial charge in [0, 0.05) is 5.69 Å². The van der Waals surface area contributed by atoms with E-state index < -0.39 is 18.4 Å². The van der Waals surface area contributed by atoms with E-state index in [0.717, 1.165) is 12.0 Å². The van der Waals surface area contributed by atoms with Gasteiger partial charge in [-0.3, -0.25) is 9.59 Å². The van der Waals surface area contributed by atoms with E-state index in [-0.39, 0.29) is 17.9 Å². The molecule has 0 aromatic heterocycles. The van der Waals surface area contributed by atoms with Crippen LogP contribution in [0.1, 0.15) is 22.8 Å². The number of hydrogen-bond acceptors (Lipinski definition) is 3. The third kappa shape index (κ3) is 5.56. The summed E-state index contributed by atoms with van der Waals surface area (Å²) in [6.07, 6.45) is 0.893. The molecule has 0 saturated heterocycles. The van der Waals surface area contributed by atoms with Gasteiger partial charge in [0.05, 0.1) is 12.1 Å². The minimum absolute atomic E-state index is 0.0668. The fourth-order valence-electron chi connectivity index (χ4n) is 2.14. The van der Waals surface area contributed by atoms with Crippen LogP contribution in [0.15, 0.2) is 48.5 Å². The summed E-state index contributed by atoms with van der Waals surface area (Å²) in [7, 11) is 0. The van der Waals surface area contributed by atoms with Crippen molar-refractivity contribution in [3.63, 3.8) is 0 Å². The second-order valence-corrected chi connectivity index (χ2v) is 5.16. The van der Waals surface area contributed by atoms with Gasteiger partial charge in [-0.2, -0.15) is 8.78 Å². The van der Waals surface area contributed by atoms with Gasteiger partial charge in [0.1, 0.15) is 5.75 Å². The standard InChI is InChI=1S/C18H18F2N2O3/c1-2-12-7-9-13(10-8-12)22-16(23)11-21-17(24)14-5-3-4-6-15(14)25-18(19)20/h3-10,18H,2,11H2,1H3,(H,21,24)(H,22,23). The van der Waals surface area contributed by atoms with Crippen molar-refractivity contribution in [3.8, 4) is 5.75 Å². The topological polar surface area (TPSA) is 67.4 Å². The molecule has 2 aromatic rings. The number of rotatable bonds is 7. The largest absolute Gasteiger partial charge is 0.434 e. The number of carbonyl (C=O) groups is 2. The SMILES string of the molecule is CCc1ccc(NC(=O)CNC(=O)c2ccccc2OC(F)F)cc1. The highest BCUT2D eigenvalue weighted by Crippen LogP contribution is 2.20. The maximum absolute atomic E-state index is 12.4.